The van der Waals surface area contributed by atoms with E-state index in [1.807, 2.05) is 35.9 Å². The van der Waals surface area contributed by atoms with Gasteiger partial charge in [-0.3, -0.25) is 4.57 Å². The van der Waals surface area contributed by atoms with Crippen molar-refractivity contribution < 1.29 is 0 Å². The van der Waals surface area contributed by atoms with Gasteiger partial charge in [-0.05, 0) is 6.07 Å². The molecule has 0 spiro atoms. The molecule has 0 atom stereocenters. The van der Waals surface area contributed by atoms with Crippen LogP contribution in [-0.2, 0) is 7.05 Å². The van der Waals surface area contributed by atoms with E-state index in [-0.39, 0.29) is 0 Å². The summed E-state index contributed by atoms with van der Waals surface area (Å²) in [4.78, 5) is 4.56. The predicted octanol–water partition coefficient (Wildman–Crippen LogP) is 1.12. The molecule has 2 aliphatic heterocycles. The van der Waals surface area contributed by atoms with Crippen molar-refractivity contribution in [2.45, 2.75) is 0 Å². The number of benzene rings is 1. The maximum Gasteiger partial charge on any atom is 0.253 e. The van der Waals surface area contributed by atoms with E-state index < -0.39 is 0 Å². The van der Waals surface area contributed by atoms with Gasteiger partial charge in [-0.15, -0.1) is 10.2 Å². The molecule has 1 aromatic carbocycles. The number of fused-ring (bicyclic) bond motifs is 4. The van der Waals surface area contributed by atoms with E-state index in [0.717, 1.165) is 22.4 Å². The molecular formula is C11H8N6. The first-order valence-corrected chi connectivity index (χ1v) is 5.26. The van der Waals surface area contributed by atoms with Crippen LogP contribution in [-0.4, -0.2) is 29.4 Å². The summed E-state index contributed by atoms with van der Waals surface area (Å²) in [6.07, 6.45) is 1.59. The Labute approximate surface area is 95.9 Å². The summed E-state index contributed by atoms with van der Waals surface area (Å²) in [5.74, 6) is 1.51. The van der Waals surface area contributed by atoms with Gasteiger partial charge in [0, 0.05) is 12.4 Å². The molecule has 0 N–H and O–H groups in total. The van der Waals surface area contributed by atoms with Gasteiger partial charge >= 0.3 is 0 Å². The van der Waals surface area contributed by atoms with Crippen molar-refractivity contribution in [1.82, 2.24) is 29.4 Å². The molecule has 0 aliphatic carbocycles. The Balaban J connectivity index is 2.31. The summed E-state index contributed by atoms with van der Waals surface area (Å²) in [6, 6.07) is 7.97. The van der Waals surface area contributed by atoms with Crippen molar-refractivity contribution in [3.05, 3.63) is 30.6 Å². The highest BCUT2D eigenvalue weighted by molar-refractivity contribution is 5.94. The van der Waals surface area contributed by atoms with Crippen LogP contribution in [0.3, 0.4) is 0 Å². The van der Waals surface area contributed by atoms with Crippen molar-refractivity contribution in [2.75, 3.05) is 0 Å². The molecule has 0 bridgehead atoms. The molecule has 0 fully saturated rings. The van der Waals surface area contributed by atoms with E-state index in [2.05, 4.69) is 20.3 Å². The van der Waals surface area contributed by atoms with Crippen molar-refractivity contribution in [3.8, 4) is 11.5 Å². The predicted molar refractivity (Wildman–Crippen MR) is 61.7 cm³/mol. The number of hydrogen-bond acceptors (Lipinski definition) is 4. The Bertz CT molecular complexity index is 811. The van der Waals surface area contributed by atoms with Crippen LogP contribution in [0, 0.1) is 0 Å². The van der Waals surface area contributed by atoms with Gasteiger partial charge in [0.25, 0.3) is 5.78 Å². The average Bonchev–Trinajstić information content (AvgIpc) is 2.94. The summed E-state index contributed by atoms with van der Waals surface area (Å²) < 4.78 is 3.56. The molecule has 0 saturated carbocycles. The minimum absolute atomic E-state index is 0.681. The van der Waals surface area contributed by atoms with Crippen LogP contribution >= 0.6 is 0 Å². The van der Waals surface area contributed by atoms with Gasteiger partial charge in [0.15, 0.2) is 5.82 Å². The summed E-state index contributed by atoms with van der Waals surface area (Å²) in [5, 5.41) is 13.4. The molecule has 3 heterocycles. The maximum absolute atomic E-state index is 4.56. The van der Waals surface area contributed by atoms with E-state index in [1.54, 1.807) is 10.8 Å². The third kappa shape index (κ3) is 0.988. The largest absolute Gasteiger partial charge is 0.295 e. The van der Waals surface area contributed by atoms with Gasteiger partial charge in [-0.25, -0.2) is 4.98 Å². The lowest BCUT2D eigenvalue weighted by atomic mass is 10.2. The van der Waals surface area contributed by atoms with E-state index >= 15 is 0 Å². The molecule has 0 unspecified atom stereocenters. The number of para-hydroxylation sites is 1. The zero-order valence-electron chi connectivity index (χ0n) is 9.07. The van der Waals surface area contributed by atoms with Crippen LogP contribution in [0.5, 0.6) is 0 Å². The first-order valence-electron chi connectivity index (χ1n) is 5.26. The quantitative estimate of drug-likeness (QED) is 0.449. The van der Waals surface area contributed by atoms with Crippen molar-refractivity contribution >= 4 is 16.7 Å². The first kappa shape index (κ1) is 8.63. The lowest BCUT2D eigenvalue weighted by molar-refractivity contribution is 0.803. The van der Waals surface area contributed by atoms with Crippen LogP contribution in [0.25, 0.3) is 28.2 Å². The topological polar surface area (TPSA) is 60.9 Å². The van der Waals surface area contributed by atoms with Crippen LogP contribution in [0.15, 0.2) is 30.6 Å². The van der Waals surface area contributed by atoms with E-state index in [0.29, 0.717) is 5.78 Å². The number of nitrogens with zero attached hydrogens (tertiary/aromatic N) is 6. The van der Waals surface area contributed by atoms with Crippen LogP contribution in [0.2, 0.25) is 0 Å². The van der Waals surface area contributed by atoms with Crippen LogP contribution < -0.4 is 0 Å². The average molecular weight is 224 g/mol. The highest BCUT2D eigenvalue weighted by atomic mass is 15.4. The Hall–Kier alpha value is -2.50. The molecule has 0 saturated heterocycles. The molecule has 82 valence electrons. The monoisotopic (exact) mass is 224 g/mol. The van der Waals surface area contributed by atoms with E-state index in [1.165, 1.54) is 0 Å². The molecule has 6 heteroatoms. The van der Waals surface area contributed by atoms with Crippen molar-refractivity contribution in [1.29, 1.82) is 0 Å². The van der Waals surface area contributed by atoms with Crippen molar-refractivity contribution in [3.63, 3.8) is 0 Å². The second kappa shape index (κ2) is 2.79. The Morgan fingerprint density at radius 1 is 1.18 bits per heavy atom. The summed E-state index contributed by atoms with van der Waals surface area (Å²) >= 11 is 0. The van der Waals surface area contributed by atoms with Gasteiger partial charge in [-0.1, -0.05) is 18.2 Å². The zero-order valence-corrected chi connectivity index (χ0v) is 9.07. The fourth-order valence-electron chi connectivity index (χ4n) is 2.11. The summed E-state index contributed by atoms with van der Waals surface area (Å²) in [5.41, 5.74) is 1.82. The molecule has 6 nitrogen and oxygen atoms in total. The number of aryl methyl sites for hydroxylation is 1. The molecule has 17 heavy (non-hydrogen) atoms. The molecule has 2 aromatic rings. The Kier molecular flexibility index (Phi) is 1.42. The normalized spacial score (nSPS) is 11.8. The maximum atomic E-state index is 4.56. The summed E-state index contributed by atoms with van der Waals surface area (Å²) in [7, 11) is 1.92. The fraction of sp³-hybridized carbons (Fsp3) is 0.0909. The van der Waals surface area contributed by atoms with Gasteiger partial charge in [-0.2, -0.15) is 9.61 Å². The highest BCUT2D eigenvalue weighted by Gasteiger charge is 2.18. The second-order valence-electron chi connectivity index (χ2n) is 3.94. The fourth-order valence-corrected chi connectivity index (χ4v) is 2.11. The molecule has 0 amide bonds. The number of aromatic nitrogens is 6. The zero-order chi connectivity index (χ0) is 11.4. The van der Waals surface area contributed by atoms with E-state index in [4.69, 9.17) is 0 Å². The van der Waals surface area contributed by atoms with Gasteiger partial charge in [0.05, 0.1) is 5.52 Å². The molecular weight excluding hydrogens is 216 g/mol. The Morgan fingerprint density at radius 2 is 2.06 bits per heavy atom. The Morgan fingerprint density at radius 3 is 3.00 bits per heavy atom. The minimum Gasteiger partial charge on any atom is -0.295 e. The third-order valence-corrected chi connectivity index (χ3v) is 2.94. The van der Waals surface area contributed by atoms with Gasteiger partial charge < -0.3 is 0 Å². The van der Waals surface area contributed by atoms with Crippen LogP contribution in [0.1, 0.15) is 0 Å². The molecule has 1 aromatic heterocycles. The summed E-state index contributed by atoms with van der Waals surface area (Å²) in [6.45, 7) is 0. The first-order chi connectivity index (χ1) is 8.34. The number of rotatable bonds is 0. The van der Waals surface area contributed by atoms with E-state index in [9.17, 15) is 0 Å². The molecule has 0 radical (unpaired) electrons. The minimum atomic E-state index is 0.681. The molecule has 2 aliphatic rings. The third-order valence-electron chi connectivity index (χ3n) is 2.94. The highest BCUT2D eigenvalue weighted by Crippen LogP contribution is 2.28. The van der Waals surface area contributed by atoms with Crippen LogP contribution in [0.4, 0.5) is 0 Å². The lowest BCUT2D eigenvalue weighted by Gasteiger charge is -2.05. The van der Waals surface area contributed by atoms with Crippen molar-refractivity contribution in [2.24, 2.45) is 7.05 Å². The van der Waals surface area contributed by atoms with Gasteiger partial charge in [0.2, 0.25) is 0 Å². The molecule has 4 rings (SSSR count). The second-order valence-corrected chi connectivity index (χ2v) is 3.94. The smallest absolute Gasteiger partial charge is 0.253 e. The lowest BCUT2D eigenvalue weighted by Crippen LogP contribution is -2.07. The number of hydrogen-bond donors (Lipinski definition) is 0. The standard InChI is InChI=1S/C11H8N6/c1-16-10-9(15-17-6-12-14-11(16)17)7-4-2-3-5-8(7)13-10/h2-6H,1H3. The SMILES string of the molecule is Cn1c2nc3ccccc3c-2nn2cnnc12. The van der Waals surface area contributed by atoms with Gasteiger partial charge in [0.1, 0.15) is 12.0 Å².